The van der Waals surface area contributed by atoms with Gasteiger partial charge < -0.3 is 19.4 Å². The van der Waals surface area contributed by atoms with Gasteiger partial charge in [-0.15, -0.1) is 0 Å². The molecule has 0 unspecified atom stereocenters. The average molecular weight is 422 g/mol. The van der Waals surface area contributed by atoms with E-state index >= 15 is 0 Å². The highest BCUT2D eigenvalue weighted by Crippen LogP contribution is 2.32. The molecular formula is C20H18ClF2N3O3. The molecule has 2 aromatic carbocycles. The molecule has 1 aromatic heterocycles. The molecule has 0 aliphatic heterocycles. The zero-order valence-electron chi connectivity index (χ0n) is 15.9. The van der Waals surface area contributed by atoms with Gasteiger partial charge in [0.15, 0.2) is 11.6 Å². The summed E-state index contributed by atoms with van der Waals surface area (Å²) in [5.74, 6) is -1.19. The van der Waals surface area contributed by atoms with Crippen LogP contribution in [0.25, 0.3) is 0 Å². The van der Waals surface area contributed by atoms with Gasteiger partial charge in [0, 0.05) is 5.69 Å². The summed E-state index contributed by atoms with van der Waals surface area (Å²) in [7, 11) is 2.86. The first kappa shape index (κ1) is 20.6. The van der Waals surface area contributed by atoms with E-state index in [2.05, 4.69) is 10.3 Å². The fourth-order valence-corrected chi connectivity index (χ4v) is 2.98. The van der Waals surface area contributed by atoms with Crippen molar-refractivity contribution in [1.29, 1.82) is 0 Å². The normalized spacial score (nSPS) is 10.7. The molecule has 0 fully saturated rings. The van der Waals surface area contributed by atoms with Crippen LogP contribution in [0.3, 0.4) is 0 Å². The maximum Gasteiger partial charge on any atom is 0.316 e. The summed E-state index contributed by atoms with van der Waals surface area (Å²) in [4.78, 5) is 16.2. The Bertz CT molecular complexity index is 1120. The largest absolute Gasteiger partial charge is 0.495 e. The van der Waals surface area contributed by atoms with Crippen molar-refractivity contribution in [3.63, 3.8) is 0 Å². The number of aryl methyl sites for hydroxylation is 1. The number of nitrogens with one attached hydrogen (secondary N) is 1. The second-order valence-electron chi connectivity index (χ2n) is 6.24. The Morgan fingerprint density at radius 2 is 1.83 bits per heavy atom. The highest BCUT2D eigenvalue weighted by atomic mass is 35.5. The standard InChI is InChI=1S/C20H18ClF2N3O3/c1-11-6-17(28-2)13(21)8-16(11)24-20-25-19(27)18(29-3)10-26(20)9-12-4-5-14(22)15(23)7-12/h4-8,10H,9H2,1-3H3,(H,24,25,27). The van der Waals surface area contributed by atoms with E-state index in [-0.39, 0.29) is 18.2 Å². The maximum absolute atomic E-state index is 13.6. The van der Waals surface area contributed by atoms with Crippen molar-refractivity contribution in [1.82, 2.24) is 9.55 Å². The van der Waals surface area contributed by atoms with Crippen molar-refractivity contribution in [2.75, 3.05) is 19.5 Å². The van der Waals surface area contributed by atoms with Crippen LogP contribution in [-0.4, -0.2) is 23.8 Å². The fraction of sp³-hybridized carbons (Fsp3) is 0.200. The molecule has 3 rings (SSSR count). The van der Waals surface area contributed by atoms with Crippen molar-refractivity contribution in [2.45, 2.75) is 13.5 Å². The Hall–Kier alpha value is -3.13. The number of methoxy groups -OCH3 is 2. The highest BCUT2D eigenvalue weighted by Gasteiger charge is 2.13. The lowest BCUT2D eigenvalue weighted by Gasteiger charge is -2.17. The number of aromatic nitrogens is 2. The number of anilines is 2. The zero-order valence-corrected chi connectivity index (χ0v) is 16.7. The van der Waals surface area contributed by atoms with Gasteiger partial charge in [-0.2, -0.15) is 4.98 Å². The van der Waals surface area contributed by atoms with E-state index in [4.69, 9.17) is 21.1 Å². The summed E-state index contributed by atoms with van der Waals surface area (Å²) in [5, 5.41) is 3.44. The lowest BCUT2D eigenvalue weighted by Crippen LogP contribution is -2.19. The Morgan fingerprint density at radius 3 is 2.48 bits per heavy atom. The smallest absolute Gasteiger partial charge is 0.316 e. The van der Waals surface area contributed by atoms with Crippen LogP contribution in [0.5, 0.6) is 11.5 Å². The second kappa shape index (κ2) is 8.48. The van der Waals surface area contributed by atoms with Crippen molar-refractivity contribution in [3.05, 3.63) is 74.7 Å². The summed E-state index contributed by atoms with van der Waals surface area (Å²) in [6.07, 6.45) is 1.44. The predicted molar refractivity (Wildman–Crippen MR) is 107 cm³/mol. The minimum atomic E-state index is -0.962. The lowest BCUT2D eigenvalue weighted by molar-refractivity contribution is 0.402. The molecule has 0 saturated heterocycles. The molecule has 0 amide bonds. The van der Waals surface area contributed by atoms with Crippen molar-refractivity contribution >= 4 is 23.2 Å². The van der Waals surface area contributed by atoms with Crippen LogP contribution in [0.1, 0.15) is 11.1 Å². The Labute approximate surface area is 170 Å². The molecule has 0 aliphatic carbocycles. The van der Waals surface area contributed by atoms with Gasteiger partial charge in [0.25, 0.3) is 0 Å². The first-order valence-electron chi connectivity index (χ1n) is 8.53. The van der Waals surface area contributed by atoms with Crippen LogP contribution in [0, 0.1) is 18.6 Å². The third-order valence-corrected chi connectivity index (χ3v) is 4.56. The summed E-state index contributed by atoms with van der Waals surface area (Å²) < 4.78 is 38.6. The zero-order chi connectivity index (χ0) is 21.1. The number of benzene rings is 2. The molecule has 0 spiro atoms. The van der Waals surface area contributed by atoms with Crippen molar-refractivity contribution < 1.29 is 18.3 Å². The van der Waals surface area contributed by atoms with E-state index in [1.807, 2.05) is 6.92 Å². The number of hydrogen-bond acceptors (Lipinski definition) is 5. The average Bonchev–Trinajstić information content (AvgIpc) is 2.69. The molecule has 1 heterocycles. The third-order valence-electron chi connectivity index (χ3n) is 4.27. The lowest BCUT2D eigenvalue weighted by atomic mass is 10.2. The minimum Gasteiger partial charge on any atom is -0.495 e. The molecule has 0 saturated carbocycles. The van der Waals surface area contributed by atoms with Gasteiger partial charge in [0.2, 0.25) is 11.7 Å². The van der Waals surface area contributed by atoms with Gasteiger partial charge in [-0.25, -0.2) is 8.78 Å². The molecule has 6 nitrogen and oxygen atoms in total. The number of halogens is 3. The minimum absolute atomic E-state index is 0.0163. The molecular weight excluding hydrogens is 404 g/mol. The number of hydrogen-bond donors (Lipinski definition) is 1. The summed E-state index contributed by atoms with van der Waals surface area (Å²) in [6, 6.07) is 6.96. The molecule has 0 atom stereocenters. The van der Waals surface area contributed by atoms with Crippen molar-refractivity contribution in [3.8, 4) is 11.5 Å². The Kier molecular flexibility index (Phi) is 6.03. The quantitative estimate of drug-likeness (QED) is 0.643. The van der Waals surface area contributed by atoms with Crippen LogP contribution in [0.4, 0.5) is 20.4 Å². The summed E-state index contributed by atoms with van der Waals surface area (Å²) in [6.45, 7) is 1.95. The van der Waals surface area contributed by atoms with Crippen molar-refractivity contribution in [2.24, 2.45) is 0 Å². The molecule has 0 aliphatic rings. The molecule has 1 N–H and O–H groups in total. The van der Waals surface area contributed by atoms with E-state index in [0.717, 1.165) is 17.7 Å². The van der Waals surface area contributed by atoms with Gasteiger partial charge in [0.1, 0.15) is 5.75 Å². The summed E-state index contributed by atoms with van der Waals surface area (Å²) in [5.41, 5.74) is 1.31. The van der Waals surface area contributed by atoms with Crippen LogP contribution in [0.2, 0.25) is 5.02 Å². The molecule has 152 valence electrons. The molecule has 29 heavy (non-hydrogen) atoms. The highest BCUT2D eigenvalue weighted by molar-refractivity contribution is 6.32. The van der Waals surface area contributed by atoms with Crippen LogP contribution in [-0.2, 0) is 6.54 Å². The molecule has 0 radical (unpaired) electrons. The van der Waals surface area contributed by atoms with Crippen LogP contribution in [0.15, 0.2) is 41.3 Å². The Balaban J connectivity index is 2.04. The SMILES string of the molecule is COc1cc(C)c(Nc2nc(=O)c(OC)cn2Cc2ccc(F)c(F)c2)cc1Cl. The fourth-order valence-electron chi connectivity index (χ4n) is 2.73. The summed E-state index contributed by atoms with van der Waals surface area (Å²) >= 11 is 6.20. The number of ether oxygens (including phenoxy) is 2. The van der Waals surface area contributed by atoms with E-state index < -0.39 is 17.2 Å². The molecule has 9 heteroatoms. The van der Waals surface area contributed by atoms with Crippen LogP contribution < -0.4 is 20.3 Å². The van der Waals surface area contributed by atoms with E-state index in [9.17, 15) is 13.6 Å². The first-order chi connectivity index (χ1) is 13.8. The monoisotopic (exact) mass is 421 g/mol. The van der Waals surface area contributed by atoms with Gasteiger partial charge in [-0.1, -0.05) is 17.7 Å². The molecule has 3 aromatic rings. The van der Waals surface area contributed by atoms with E-state index in [1.54, 1.807) is 16.7 Å². The first-order valence-corrected chi connectivity index (χ1v) is 8.90. The van der Waals surface area contributed by atoms with Gasteiger partial charge in [-0.05, 0) is 42.3 Å². The maximum atomic E-state index is 13.6. The van der Waals surface area contributed by atoms with Crippen LogP contribution >= 0.6 is 11.6 Å². The number of nitrogens with zero attached hydrogens (tertiary/aromatic N) is 2. The second-order valence-corrected chi connectivity index (χ2v) is 6.65. The van der Waals surface area contributed by atoms with Gasteiger partial charge >= 0.3 is 5.56 Å². The topological polar surface area (TPSA) is 65.4 Å². The van der Waals surface area contributed by atoms with E-state index in [0.29, 0.717) is 22.0 Å². The third kappa shape index (κ3) is 4.48. The predicted octanol–water partition coefficient (Wildman–Crippen LogP) is 4.29. The van der Waals surface area contributed by atoms with Gasteiger partial charge in [-0.3, -0.25) is 4.79 Å². The molecule has 0 bridgehead atoms. The van der Waals surface area contributed by atoms with E-state index in [1.165, 1.54) is 26.5 Å². The van der Waals surface area contributed by atoms with Gasteiger partial charge in [0.05, 0.1) is 32.0 Å². The number of rotatable bonds is 6. The Morgan fingerprint density at radius 1 is 1.10 bits per heavy atom.